The van der Waals surface area contributed by atoms with Gasteiger partial charge in [-0.05, 0) is 93.1 Å². The van der Waals surface area contributed by atoms with Crippen LogP contribution in [0.2, 0.25) is 10.0 Å². The maximum absolute atomic E-state index is 12.1. The number of amides is 1. The molecule has 1 amide bonds. The zero-order chi connectivity index (χ0) is 26.9. The molecule has 198 valence electrons. The molecule has 1 aliphatic carbocycles. The minimum Gasteiger partial charge on any atom is -0.444 e. The molecule has 0 radical (unpaired) electrons. The number of imidazole rings is 1. The van der Waals surface area contributed by atoms with Crippen molar-refractivity contribution >= 4 is 40.3 Å². The Labute approximate surface area is 234 Å². The number of fused-ring (bicyclic) bond motifs is 1. The van der Waals surface area contributed by atoms with E-state index in [1.165, 1.54) is 18.4 Å². The van der Waals surface area contributed by atoms with Crippen LogP contribution in [0.5, 0.6) is 0 Å². The standard InChI is InChI=1S/C31H33Cl2N3O2/c1-31(2,3)38-30(37)34-17-4-18-36-27-19-23(11-16-26(27)35-29(36)22-5-6-22)28(20-7-12-24(32)13-8-20)21-9-14-25(33)15-10-21/h7-16,19,22,28H,4-6,17-18H2,1-3H3,(H,34,37). The molecule has 3 aromatic carbocycles. The summed E-state index contributed by atoms with van der Waals surface area (Å²) in [5.41, 5.74) is 5.11. The van der Waals surface area contributed by atoms with E-state index in [9.17, 15) is 4.79 Å². The molecule has 0 unspecified atom stereocenters. The van der Waals surface area contributed by atoms with Crippen molar-refractivity contribution in [2.24, 2.45) is 0 Å². The second-order valence-corrected chi connectivity index (χ2v) is 11.8. The van der Waals surface area contributed by atoms with Crippen molar-refractivity contribution in [3.63, 3.8) is 0 Å². The van der Waals surface area contributed by atoms with Gasteiger partial charge in [-0.25, -0.2) is 9.78 Å². The van der Waals surface area contributed by atoms with Gasteiger partial charge in [0.05, 0.1) is 11.0 Å². The molecule has 0 atom stereocenters. The molecular weight excluding hydrogens is 517 g/mol. The molecule has 0 aliphatic heterocycles. The Morgan fingerprint density at radius 2 is 1.55 bits per heavy atom. The number of halogens is 2. The third kappa shape index (κ3) is 6.33. The van der Waals surface area contributed by atoms with Crippen LogP contribution in [0.4, 0.5) is 4.79 Å². The zero-order valence-electron chi connectivity index (χ0n) is 22.0. The SMILES string of the molecule is CC(C)(C)OC(=O)NCCCn1c(C2CC2)nc2ccc(C(c3ccc(Cl)cc3)c3ccc(Cl)cc3)cc21. The summed E-state index contributed by atoms with van der Waals surface area (Å²) in [4.78, 5) is 17.1. The minimum atomic E-state index is -0.509. The van der Waals surface area contributed by atoms with Gasteiger partial charge in [-0.1, -0.05) is 53.5 Å². The maximum atomic E-state index is 12.1. The summed E-state index contributed by atoms with van der Waals surface area (Å²) in [7, 11) is 0. The van der Waals surface area contributed by atoms with Crippen LogP contribution in [0.1, 0.15) is 74.4 Å². The van der Waals surface area contributed by atoms with Crippen LogP contribution in [-0.4, -0.2) is 27.8 Å². The van der Waals surface area contributed by atoms with E-state index in [0.29, 0.717) is 22.5 Å². The van der Waals surface area contributed by atoms with Gasteiger partial charge in [-0.2, -0.15) is 0 Å². The number of alkyl carbamates (subject to hydrolysis) is 1. The van der Waals surface area contributed by atoms with E-state index >= 15 is 0 Å². The smallest absolute Gasteiger partial charge is 0.407 e. The van der Waals surface area contributed by atoms with Gasteiger partial charge in [0.1, 0.15) is 11.4 Å². The molecule has 1 N–H and O–H groups in total. The molecule has 1 heterocycles. The lowest BCUT2D eigenvalue weighted by Gasteiger charge is -2.20. The number of hydrogen-bond donors (Lipinski definition) is 1. The molecule has 0 bridgehead atoms. The highest BCUT2D eigenvalue weighted by atomic mass is 35.5. The number of carbonyl (C=O) groups is 1. The van der Waals surface area contributed by atoms with Crippen LogP contribution < -0.4 is 5.32 Å². The van der Waals surface area contributed by atoms with Gasteiger partial charge < -0.3 is 14.6 Å². The average molecular weight is 551 g/mol. The third-order valence-corrected chi connectivity index (χ3v) is 7.21. The van der Waals surface area contributed by atoms with E-state index in [0.717, 1.165) is 41.0 Å². The fourth-order valence-electron chi connectivity index (χ4n) is 4.86. The monoisotopic (exact) mass is 549 g/mol. The minimum absolute atomic E-state index is 0.0236. The van der Waals surface area contributed by atoms with Crippen molar-refractivity contribution in [2.75, 3.05) is 6.54 Å². The molecule has 5 nitrogen and oxygen atoms in total. The van der Waals surface area contributed by atoms with E-state index in [1.54, 1.807) is 0 Å². The van der Waals surface area contributed by atoms with Gasteiger partial charge in [0.25, 0.3) is 0 Å². The summed E-state index contributed by atoms with van der Waals surface area (Å²) in [5.74, 6) is 1.67. The van der Waals surface area contributed by atoms with Crippen LogP contribution >= 0.6 is 23.2 Å². The highest BCUT2D eigenvalue weighted by Crippen LogP contribution is 2.42. The van der Waals surface area contributed by atoms with E-state index in [-0.39, 0.29) is 12.0 Å². The number of aryl methyl sites for hydroxylation is 1. The van der Waals surface area contributed by atoms with Crippen molar-refractivity contribution in [1.29, 1.82) is 0 Å². The van der Waals surface area contributed by atoms with E-state index in [1.807, 2.05) is 45.0 Å². The second kappa shape index (κ2) is 11.0. The Morgan fingerprint density at radius 1 is 0.974 bits per heavy atom. The molecule has 1 fully saturated rings. The molecule has 1 aliphatic rings. The van der Waals surface area contributed by atoms with Gasteiger partial charge in [0, 0.05) is 35.0 Å². The van der Waals surface area contributed by atoms with Crippen LogP contribution in [-0.2, 0) is 11.3 Å². The first-order valence-corrected chi connectivity index (χ1v) is 13.9. The fourth-order valence-corrected chi connectivity index (χ4v) is 5.11. The first-order chi connectivity index (χ1) is 18.2. The predicted molar refractivity (Wildman–Crippen MR) is 154 cm³/mol. The number of nitrogens with zero attached hydrogens (tertiary/aromatic N) is 2. The normalized spacial score (nSPS) is 13.7. The van der Waals surface area contributed by atoms with Crippen LogP contribution in [0.25, 0.3) is 11.0 Å². The molecule has 0 saturated heterocycles. The van der Waals surface area contributed by atoms with Crippen molar-refractivity contribution in [3.8, 4) is 0 Å². The summed E-state index contributed by atoms with van der Waals surface area (Å²) in [5, 5.41) is 4.31. The summed E-state index contributed by atoms with van der Waals surface area (Å²) < 4.78 is 7.71. The van der Waals surface area contributed by atoms with Gasteiger partial charge >= 0.3 is 6.09 Å². The van der Waals surface area contributed by atoms with Crippen LogP contribution in [0.15, 0.2) is 66.7 Å². The lowest BCUT2D eigenvalue weighted by molar-refractivity contribution is 0.0526. The topological polar surface area (TPSA) is 56.1 Å². The number of aromatic nitrogens is 2. The fraction of sp³-hybridized carbons (Fsp3) is 0.355. The Kier molecular flexibility index (Phi) is 7.69. The van der Waals surface area contributed by atoms with Gasteiger partial charge in [0.2, 0.25) is 0 Å². The highest BCUT2D eigenvalue weighted by molar-refractivity contribution is 6.30. The first kappa shape index (κ1) is 26.6. The first-order valence-electron chi connectivity index (χ1n) is 13.2. The van der Waals surface area contributed by atoms with Crippen LogP contribution in [0, 0.1) is 0 Å². The Morgan fingerprint density at radius 3 is 2.11 bits per heavy atom. The van der Waals surface area contributed by atoms with Gasteiger partial charge in [-0.3, -0.25) is 0 Å². The van der Waals surface area contributed by atoms with E-state index in [2.05, 4.69) is 52.3 Å². The van der Waals surface area contributed by atoms with Crippen molar-refractivity contribution in [2.45, 2.75) is 64.0 Å². The second-order valence-electron chi connectivity index (χ2n) is 11.0. The highest BCUT2D eigenvalue weighted by Gasteiger charge is 2.30. The number of rotatable bonds is 8. The lowest BCUT2D eigenvalue weighted by atomic mass is 9.85. The number of ether oxygens (including phenoxy) is 1. The van der Waals surface area contributed by atoms with E-state index < -0.39 is 5.60 Å². The quantitative estimate of drug-likeness (QED) is 0.177. The van der Waals surface area contributed by atoms with Crippen molar-refractivity contribution < 1.29 is 9.53 Å². The molecule has 5 rings (SSSR count). The number of carbonyl (C=O) groups excluding carboxylic acids is 1. The van der Waals surface area contributed by atoms with Gasteiger partial charge in [0.15, 0.2) is 0 Å². The molecule has 0 spiro atoms. The lowest BCUT2D eigenvalue weighted by Crippen LogP contribution is -2.33. The Bertz CT molecular complexity index is 1370. The summed E-state index contributed by atoms with van der Waals surface area (Å²) in [6, 6.07) is 22.7. The van der Waals surface area contributed by atoms with Gasteiger partial charge in [-0.15, -0.1) is 0 Å². The third-order valence-electron chi connectivity index (χ3n) is 6.71. The van der Waals surface area contributed by atoms with Crippen molar-refractivity contribution in [1.82, 2.24) is 14.9 Å². The Balaban J connectivity index is 1.46. The predicted octanol–water partition coefficient (Wildman–Crippen LogP) is 8.32. The number of hydrogen-bond acceptors (Lipinski definition) is 3. The average Bonchev–Trinajstić information content (AvgIpc) is 3.65. The van der Waals surface area contributed by atoms with Crippen molar-refractivity contribution in [3.05, 3.63) is 99.3 Å². The molecule has 1 aromatic heterocycles. The molecule has 4 aromatic rings. The van der Waals surface area contributed by atoms with Crippen LogP contribution in [0.3, 0.4) is 0 Å². The van der Waals surface area contributed by atoms with E-state index in [4.69, 9.17) is 32.9 Å². The summed E-state index contributed by atoms with van der Waals surface area (Å²) in [6.45, 7) is 6.91. The molecule has 7 heteroatoms. The largest absolute Gasteiger partial charge is 0.444 e. The number of nitrogens with one attached hydrogen (secondary N) is 1. The maximum Gasteiger partial charge on any atom is 0.407 e. The summed E-state index contributed by atoms with van der Waals surface area (Å²) >= 11 is 12.4. The molecule has 38 heavy (non-hydrogen) atoms. The summed E-state index contributed by atoms with van der Waals surface area (Å²) in [6.07, 6.45) is 2.74. The zero-order valence-corrected chi connectivity index (χ0v) is 23.5. The number of benzene rings is 3. The molecule has 1 saturated carbocycles. The molecular formula is C31H33Cl2N3O2. The Hall–Kier alpha value is -3.02.